The topological polar surface area (TPSA) is 109 Å². The maximum absolute atomic E-state index is 12.4. The number of carboxylic acid groups (broad SMARTS) is 1. The lowest BCUT2D eigenvalue weighted by atomic mass is 10.2. The smallest absolute Gasteiger partial charge is 0.371 e. The quantitative estimate of drug-likeness (QED) is 0.806. The van der Waals surface area contributed by atoms with Crippen LogP contribution in [0.3, 0.4) is 0 Å². The molecule has 0 bridgehead atoms. The first-order valence-electron chi connectivity index (χ1n) is 6.54. The molecule has 1 aliphatic rings. The predicted octanol–water partition coefficient (Wildman–Crippen LogP) is -0.0451. The summed E-state index contributed by atoms with van der Waals surface area (Å²) in [6.45, 7) is 2.88. The molecule has 2 heterocycles. The van der Waals surface area contributed by atoms with Crippen LogP contribution in [0.25, 0.3) is 0 Å². The number of ether oxygens (including phenoxy) is 1. The van der Waals surface area contributed by atoms with Gasteiger partial charge in [-0.15, -0.1) is 0 Å². The highest BCUT2D eigenvalue weighted by atomic mass is 16.5. The van der Waals surface area contributed by atoms with Crippen LogP contribution in [0.4, 0.5) is 0 Å². The molecule has 0 aliphatic carbocycles. The van der Waals surface area contributed by atoms with Crippen molar-refractivity contribution in [3.63, 3.8) is 0 Å². The summed E-state index contributed by atoms with van der Waals surface area (Å²) in [7, 11) is 0. The molecule has 2 rings (SSSR count). The Kier molecular flexibility index (Phi) is 4.59. The molecule has 1 unspecified atom stereocenters. The number of rotatable bonds is 4. The number of hydrogen-bond acceptors (Lipinski definition) is 5. The molecular formula is C13H16N2O6. The summed E-state index contributed by atoms with van der Waals surface area (Å²) in [6, 6.07) is 1.75. The minimum absolute atomic E-state index is 0.101. The van der Waals surface area contributed by atoms with Gasteiger partial charge in [0.05, 0.1) is 13.2 Å². The second kappa shape index (κ2) is 6.40. The van der Waals surface area contributed by atoms with Gasteiger partial charge in [-0.25, -0.2) is 4.79 Å². The van der Waals surface area contributed by atoms with Gasteiger partial charge in [0.15, 0.2) is 5.76 Å². The first-order valence-corrected chi connectivity index (χ1v) is 6.54. The number of amides is 2. The number of carboxylic acids is 1. The number of carbonyl (C=O) groups is 3. The largest absolute Gasteiger partial charge is 0.475 e. The van der Waals surface area contributed by atoms with Crippen molar-refractivity contribution in [3.05, 3.63) is 23.7 Å². The Morgan fingerprint density at radius 1 is 1.38 bits per heavy atom. The molecule has 8 nitrogen and oxygen atoms in total. The van der Waals surface area contributed by atoms with E-state index in [1.54, 1.807) is 6.92 Å². The van der Waals surface area contributed by atoms with Crippen LogP contribution in [0.2, 0.25) is 0 Å². The molecule has 2 N–H and O–H groups in total. The van der Waals surface area contributed by atoms with Crippen LogP contribution in [0, 0.1) is 0 Å². The fourth-order valence-electron chi connectivity index (χ4n) is 2.07. The average Bonchev–Trinajstić information content (AvgIpc) is 2.97. The van der Waals surface area contributed by atoms with Crippen LogP contribution >= 0.6 is 0 Å². The average molecular weight is 296 g/mol. The van der Waals surface area contributed by atoms with E-state index in [-0.39, 0.29) is 30.6 Å². The Bertz CT molecular complexity index is 553. The van der Waals surface area contributed by atoms with E-state index in [4.69, 9.17) is 14.3 Å². The van der Waals surface area contributed by atoms with Crippen LogP contribution < -0.4 is 5.32 Å². The fraction of sp³-hybridized carbons (Fsp3) is 0.462. The highest BCUT2D eigenvalue weighted by molar-refractivity contribution is 5.96. The lowest BCUT2D eigenvalue weighted by Crippen LogP contribution is -2.55. The highest BCUT2D eigenvalue weighted by Crippen LogP contribution is 2.15. The van der Waals surface area contributed by atoms with Crippen LogP contribution in [0.5, 0.6) is 0 Å². The molecule has 21 heavy (non-hydrogen) atoms. The predicted molar refractivity (Wildman–Crippen MR) is 70.0 cm³/mol. The van der Waals surface area contributed by atoms with Crippen molar-refractivity contribution < 1.29 is 28.6 Å². The van der Waals surface area contributed by atoms with E-state index in [1.807, 2.05) is 0 Å². The molecule has 114 valence electrons. The molecule has 8 heteroatoms. The third-order valence-electron chi connectivity index (χ3n) is 3.07. The third-order valence-corrected chi connectivity index (χ3v) is 3.07. The maximum atomic E-state index is 12.4. The minimum Gasteiger partial charge on any atom is -0.475 e. The molecule has 1 aliphatic heterocycles. The van der Waals surface area contributed by atoms with E-state index in [2.05, 4.69) is 5.32 Å². The summed E-state index contributed by atoms with van der Waals surface area (Å²) in [5.41, 5.74) is 0. The minimum atomic E-state index is -1.25. The molecule has 1 fully saturated rings. The van der Waals surface area contributed by atoms with E-state index in [1.165, 1.54) is 17.0 Å². The number of morpholine rings is 1. The number of nitrogens with one attached hydrogen (secondary N) is 1. The first-order chi connectivity index (χ1) is 10.0. The first kappa shape index (κ1) is 15.0. The molecule has 1 atom stereocenters. The lowest BCUT2D eigenvalue weighted by molar-refractivity contribution is -0.130. The van der Waals surface area contributed by atoms with E-state index in [0.29, 0.717) is 13.2 Å². The van der Waals surface area contributed by atoms with Gasteiger partial charge in [-0.1, -0.05) is 0 Å². The van der Waals surface area contributed by atoms with Gasteiger partial charge in [-0.3, -0.25) is 9.59 Å². The Morgan fingerprint density at radius 3 is 2.71 bits per heavy atom. The normalized spacial score (nSPS) is 18.3. The summed E-state index contributed by atoms with van der Waals surface area (Å²) in [6.07, 6.45) is 0. The number of likely N-dealkylation sites (N-methyl/N-ethyl adjacent to an activating group) is 1. The van der Waals surface area contributed by atoms with Crippen LogP contribution in [0.15, 0.2) is 16.5 Å². The van der Waals surface area contributed by atoms with Crippen LogP contribution in [0.1, 0.15) is 28.0 Å². The molecule has 0 radical (unpaired) electrons. The number of nitrogens with zero attached hydrogens (tertiary/aromatic N) is 1. The Labute approximate surface area is 120 Å². The van der Waals surface area contributed by atoms with Crippen molar-refractivity contribution in [1.82, 2.24) is 10.2 Å². The molecule has 0 saturated carbocycles. The number of carbonyl (C=O) groups excluding carboxylic acids is 2. The second-order valence-electron chi connectivity index (χ2n) is 4.45. The van der Waals surface area contributed by atoms with Crippen molar-refractivity contribution in [1.29, 1.82) is 0 Å². The van der Waals surface area contributed by atoms with Crippen molar-refractivity contribution in [2.24, 2.45) is 0 Å². The van der Waals surface area contributed by atoms with Gasteiger partial charge < -0.3 is 24.5 Å². The number of aromatic carboxylic acids is 1. The standard InChI is InChI=1S/C13H16N2O6/c1-2-14-11(16)8-7-20-6-5-15(8)12(17)9-3-4-10(21-9)13(18)19/h3-4,8H,2,5-7H2,1H3,(H,14,16)(H,18,19). The van der Waals surface area contributed by atoms with Gasteiger partial charge in [0, 0.05) is 13.1 Å². The number of hydrogen-bond donors (Lipinski definition) is 2. The van der Waals surface area contributed by atoms with E-state index < -0.39 is 17.9 Å². The van der Waals surface area contributed by atoms with Crippen molar-refractivity contribution in [3.8, 4) is 0 Å². The zero-order chi connectivity index (χ0) is 15.4. The van der Waals surface area contributed by atoms with Gasteiger partial charge in [0.1, 0.15) is 6.04 Å². The lowest BCUT2D eigenvalue weighted by Gasteiger charge is -2.33. The van der Waals surface area contributed by atoms with Gasteiger partial charge in [-0.2, -0.15) is 0 Å². The number of furan rings is 1. The SMILES string of the molecule is CCNC(=O)C1COCCN1C(=O)c1ccc(C(=O)O)o1. The van der Waals surface area contributed by atoms with Gasteiger partial charge in [0.25, 0.3) is 5.91 Å². The highest BCUT2D eigenvalue weighted by Gasteiger charge is 2.34. The zero-order valence-electron chi connectivity index (χ0n) is 11.5. The Hall–Kier alpha value is -2.35. The summed E-state index contributed by atoms with van der Waals surface area (Å²) >= 11 is 0. The second-order valence-corrected chi connectivity index (χ2v) is 4.45. The molecule has 2 amide bonds. The van der Waals surface area contributed by atoms with E-state index in [9.17, 15) is 14.4 Å². The van der Waals surface area contributed by atoms with Crippen molar-refractivity contribution >= 4 is 17.8 Å². The molecule has 0 spiro atoms. The zero-order valence-corrected chi connectivity index (χ0v) is 11.5. The monoisotopic (exact) mass is 296 g/mol. The maximum Gasteiger partial charge on any atom is 0.371 e. The summed E-state index contributed by atoms with van der Waals surface area (Å²) in [4.78, 5) is 36.4. The van der Waals surface area contributed by atoms with Gasteiger partial charge >= 0.3 is 5.97 Å². The fourth-order valence-corrected chi connectivity index (χ4v) is 2.07. The third kappa shape index (κ3) is 3.22. The molecule has 1 saturated heterocycles. The summed E-state index contributed by atoms with van der Waals surface area (Å²) in [5, 5.41) is 11.4. The molecule has 1 aromatic rings. The molecule has 0 aromatic carbocycles. The van der Waals surface area contributed by atoms with Crippen molar-refractivity contribution in [2.45, 2.75) is 13.0 Å². The summed E-state index contributed by atoms with van der Waals surface area (Å²) in [5.74, 6) is -2.52. The summed E-state index contributed by atoms with van der Waals surface area (Å²) < 4.78 is 10.2. The van der Waals surface area contributed by atoms with E-state index in [0.717, 1.165) is 0 Å². The van der Waals surface area contributed by atoms with Gasteiger partial charge in [0.2, 0.25) is 11.7 Å². The van der Waals surface area contributed by atoms with Crippen molar-refractivity contribution in [2.75, 3.05) is 26.3 Å². The molecular weight excluding hydrogens is 280 g/mol. The Morgan fingerprint density at radius 2 is 2.10 bits per heavy atom. The Balaban J connectivity index is 2.17. The molecule has 1 aromatic heterocycles. The van der Waals surface area contributed by atoms with Crippen LogP contribution in [-0.4, -0.2) is 60.1 Å². The van der Waals surface area contributed by atoms with Crippen LogP contribution in [-0.2, 0) is 9.53 Å². The van der Waals surface area contributed by atoms with E-state index >= 15 is 0 Å². The van der Waals surface area contributed by atoms with Gasteiger partial charge in [-0.05, 0) is 19.1 Å².